The van der Waals surface area contributed by atoms with Crippen LogP contribution in [0.2, 0.25) is 0 Å². The predicted molar refractivity (Wildman–Crippen MR) is 35.2 cm³/mol. The molecule has 2 aliphatic rings. The van der Waals surface area contributed by atoms with Gasteiger partial charge in [-0.25, -0.2) is 0 Å². The standard InChI is InChI=1S/C7H11NO2/c1-7-3-2-4-10-6(7)8-5(7)9/h6H,2-4H2,1H3,(H,8,9)/t6-,7-/m1/s1. The molecule has 56 valence electrons. The third kappa shape index (κ3) is 0.560. The fraction of sp³-hybridized carbons (Fsp3) is 0.857. The van der Waals surface area contributed by atoms with Crippen LogP contribution in [0.15, 0.2) is 0 Å². The number of nitrogens with one attached hydrogen (secondary N) is 1. The minimum Gasteiger partial charge on any atom is -0.357 e. The SMILES string of the molecule is C[C@]12CCCO[C@H]1NC2=O. The van der Waals surface area contributed by atoms with Gasteiger partial charge in [-0.15, -0.1) is 0 Å². The summed E-state index contributed by atoms with van der Waals surface area (Å²) < 4.78 is 5.32. The van der Waals surface area contributed by atoms with Crippen molar-refractivity contribution in [3.63, 3.8) is 0 Å². The highest BCUT2D eigenvalue weighted by Gasteiger charge is 2.53. The van der Waals surface area contributed by atoms with Gasteiger partial charge in [0.05, 0.1) is 5.41 Å². The first kappa shape index (κ1) is 6.16. The van der Waals surface area contributed by atoms with Crippen LogP contribution in [0.3, 0.4) is 0 Å². The Morgan fingerprint density at radius 1 is 1.80 bits per heavy atom. The maximum atomic E-state index is 11.0. The van der Waals surface area contributed by atoms with Crippen molar-refractivity contribution in [1.29, 1.82) is 0 Å². The van der Waals surface area contributed by atoms with Gasteiger partial charge in [0.1, 0.15) is 6.23 Å². The molecule has 0 spiro atoms. The second-order valence-electron chi connectivity index (χ2n) is 3.25. The van der Waals surface area contributed by atoms with E-state index in [0.29, 0.717) is 0 Å². The molecule has 2 aliphatic heterocycles. The van der Waals surface area contributed by atoms with Crippen LogP contribution < -0.4 is 5.32 Å². The largest absolute Gasteiger partial charge is 0.357 e. The van der Waals surface area contributed by atoms with Gasteiger partial charge in [-0.05, 0) is 19.8 Å². The average Bonchev–Trinajstić information content (AvgIpc) is 1.93. The lowest BCUT2D eigenvalue weighted by molar-refractivity contribution is -0.183. The first-order valence-corrected chi connectivity index (χ1v) is 3.66. The van der Waals surface area contributed by atoms with Crippen molar-refractivity contribution in [1.82, 2.24) is 5.32 Å². The summed E-state index contributed by atoms with van der Waals surface area (Å²) in [5, 5.41) is 2.72. The van der Waals surface area contributed by atoms with Gasteiger partial charge in [0.25, 0.3) is 0 Å². The lowest BCUT2D eigenvalue weighted by atomic mass is 9.75. The lowest BCUT2D eigenvalue weighted by Crippen LogP contribution is -2.68. The smallest absolute Gasteiger partial charge is 0.232 e. The molecule has 2 saturated heterocycles. The summed E-state index contributed by atoms with van der Waals surface area (Å²) in [6.07, 6.45) is 2.00. The molecule has 0 bridgehead atoms. The van der Waals surface area contributed by atoms with Crippen LogP contribution in [-0.2, 0) is 9.53 Å². The van der Waals surface area contributed by atoms with Crippen molar-refractivity contribution in [3.8, 4) is 0 Å². The summed E-state index contributed by atoms with van der Waals surface area (Å²) in [5.41, 5.74) is -0.196. The zero-order valence-corrected chi connectivity index (χ0v) is 6.02. The van der Waals surface area contributed by atoms with Crippen LogP contribution in [0.5, 0.6) is 0 Å². The van der Waals surface area contributed by atoms with Gasteiger partial charge in [0.15, 0.2) is 0 Å². The van der Waals surface area contributed by atoms with Gasteiger partial charge in [-0.1, -0.05) is 0 Å². The third-order valence-corrected chi connectivity index (χ3v) is 2.48. The Kier molecular flexibility index (Phi) is 1.06. The number of fused-ring (bicyclic) bond motifs is 1. The third-order valence-electron chi connectivity index (χ3n) is 2.48. The Labute approximate surface area is 59.7 Å². The van der Waals surface area contributed by atoms with Crippen LogP contribution in [0.1, 0.15) is 19.8 Å². The maximum absolute atomic E-state index is 11.0. The molecular weight excluding hydrogens is 130 g/mol. The molecule has 0 aliphatic carbocycles. The van der Waals surface area contributed by atoms with E-state index in [1.54, 1.807) is 0 Å². The maximum Gasteiger partial charge on any atom is 0.232 e. The van der Waals surface area contributed by atoms with E-state index in [2.05, 4.69) is 5.32 Å². The van der Waals surface area contributed by atoms with Gasteiger partial charge in [0, 0.05) is 6.61 Å². The van der Waals surface area contributed by atoms with Gasteiger partial charge >= 0.3 is 0 Å². The molecule has 3 heteroatoms. The van der Waals surface area contributed by atoms with Gasteiger partial charge < -0.3 is 10.1 Å². The summed E-state index contributed by atoms with van der Waals surface area (Å²) in [5.74, 6) is 0.150. The molecule has 2 atom stereocenters. The average molecular weight is 141 g/mol. The van der Waals surface area contributed by atoms with Crippen molar-refractivity contribution in [2.45, 2.75) is 26.0 Å². The molecule has 2 fully saturated rings. The zero-order chi connectivity index (χ0) is 7.19. The van der Waals surface area contributed by atoms with Crippen LogP contribution >= 0.6 is 0 Å². The Balaban J connectivity index is 2.15. The van der Waals surface area contributed by atoms with E-state index >= 15 is 0 Å². The number of ether oxygens (including phenoxy) is 1. The summed E-state index contributed by atoms with van der Waals surface area (Å²) in [6, 6.07) is 0. The first-order valence-electron chi connectivity index (χ1n) is 3.66. The molecule has 0 saturated carbocycles. The Morgan fingerprint density at radius 2 is 2.60 bits per heavy atom. The van der Waals surface area contributed by atoms with Gasteiger partial charge in [-0.2, -0.15) is 0 Å². The summed E-state index contributed by atoms with van der Waals surface area (Å²) in [7, 11) is 0. The van der Waals surface area contributed by atoms with Crippen molar-refractivity contribution < 1.29 is 9.53 Å². The molecule has 10 heavy (non-hydrogen) atoms. The fourth-order valence-corrected chi connectivity index (χ4v) is 1.60. The minimum atomic E-state index is -0.196. The second-order valence-corrected chi connectivity index (χ2v) is 3.25. The Morgan fingerprint density at radius 3 is 3.10 bits per heavy atom. The molecule has 0 radical (unpaired) electrons. The number of β-lactam (4-membered cyclic amide) rings is 1. The fourth-order valence-electron chi connectivity index (χ4n) is 1.60. The highest BCUT2D eigenvalue weighted by molar-refractivity contribution is 5.89. The van der Waals surface area contributed by atoms with Crippen molar-refractivity contribution >= 4 is 5.91 Å². The molecule has 2 heterocycles. The number of carbonyl (C=O) groups excluding carboxylic acids is 1. The number of hydrogen-bond donors (Lipinski definition) is 1. The van der Waals surface area contributed by atoms with Crippen molar-refractivity contribution in [3.05, 3.63) is 0 Å². The van der Waals surface area contributed by atoms with E-state index in [4.69, 9.17) is 4.74 Å². The number of carbonyl (C=O) groups is 1. The molecule has 1 amide bonds. The number of rotatable bonds is 0. The monoisotopic (exact) mass is 141 g/mol. The zero-order valence-electron chi connectivity index (χ0n) is 6.02. The van der Waals surface area contributed by atoms with Gasteiger partial charge in [0.2, 0.25) is 5.91 Å². The van der Waals surface area contributed by atoms with E-state index in [0.717, 1.165) is 19.4 Å². The molecule has 3 nitrogen and oxygen atoms in total. The van der Waals surface area contributed by atoms with E-state index in [-0.39, 0.29) is 17.6 Å². The highest BCUT2D eigenvalue weighted by Crippen LogP contribution is 2.39. The van der Waals surface area contributed by atoms with Crippen molar-refractivity contribution in [2.75, 3.05) is 6.61 Å². The topological polar surface area (TPSA) is 38.3 Å². The van der Waals surface area contributed by atoms with Crippen molar-refractivity contribution in [2.24, 2.45) is 5.41 Å². The summed E-state index contributed by atoms with van der Waals surface area (Å²) in [4.78, 5) is 11.0. The van der Waals surface area contributed by atoms with Crippen LogP contribution in [0, 0.1) is 5.41 Å². The van der Waals surface area contributed by atoms with Gasteiger partial charge in [-0.3, -0.25) is 4.79 Å². The normalized spacial score (nSPS) is 45.3. The highest BCUT2D eigenvalue weighted by atomic mass is 16.5. The minimum absolute atomic E-state index is 0.00810. The number of hydrogen-bond acceptors (Lipinski definition) is 2. The molecule has 0 aromatic rings. The molecular formula is C7H11NO2. The van der Waals surface area contributed by atoms with E-state index in [1.165, 1.54) is 0 Å². The van der Waals surface area contributed by atoms with Crippen LogP contribution in [0.4, 0.5) is 0 Å². The molecule has 1 N–H and O–H groups in total. The quantitative estimate of drug-likeness (QED) is 0.491. The second kappa shape index (κ2) is 1.72. The molecule has 0 unspecified atom stereocenters. The molecule has 2 rings (SSSR count). The van der Waals surface area contributed by atoms with E-state index < -0.39 is 0 Å². The van der Waals surface area contributed by atoms with E-state index in [1.807, 2.05) is 6.92 Å². The summed E-state index contributed by atoms with van der Waals surface area (Å²) in [6.45, 7) is 2.76. The predicted octanol–water partition coefficient (Wildman–Crippen LogP) is 0.259. The van der Waals surface area contributed by atoms with E-state index in [9.17, 15) is 4.79 Å². The molecule has 0 aromatic carbocycles. The number of amides is 1. The molecule has 0 aromatic heterocycles. The first-order chi connectivity index (χ1) is 4.73. The van der Waals surface area contributed by atoms with Crippen LogP contribution in [0.25, 0.3) is 0 Å². The van der Waals surface area contributed by atoms with Crippen LogP contribution in [-0.4, -0.2) is 18.7 Å². The Bertz CT molecular complexity index is 180. The Hall–Kier alpha value is -0.570. The summed E-state index contributed by atoms with van der Waals surface area (Å²) >= 11 is 0. The lowest BCUT2D eigenvalue weighted by Gasteiger charge is -2.48.